The monoisotopic (exact) mass is 424 g/mol. The number of nitrogens with two attached hydrogens (primary N) is 1. The predicted octanol–water partition coefficient (Wildman–Crippen LogP) is 3.51. The highest BCUT2D eigenvalue weighted by Gasteiger charge is 2.33. The minimum absolute atomic E-state index is 0.113. The number of hydrogen-bond acceptors (Lipinski definition) is 6. The molecule has 3 N–H and O–H groups in total. The van der Waals surface area contributed by atoms with Gasteiger partial charge in [-0.2, -0.15) is 15.0 Å². The molecule has 1 aliphatic heterocycles. The van der Waals surface area contributed by atoms with Crippen LogP contribution in [0.25, 0.3) is 0 Å². The smallest absolute Gasteiger partial charge is 0.249 e. The third-order valence-electron chi connectivity index (χ3n) is 5.20. The van der Waals surface area contributed by atoms with E-state index in [1.807, 2.05) is 13.8 Å². The van der Waals surface area contributed by atoms with Crippen LogP contribution in [0.15, 0.2) is 36.4 Å². The summed E-state index contributed by atoms with van der Waals surface area (Å²) in [6, 6.07) is 8.66. The van der Waals surface area contributed by atoms with Crippen molar-refractivity contribution < 1.29 is 13.6 Å². The maximum atomic E-state index is 14.2. The Bertz CT molecular complexity index is 1150. The Kier molecular flexibility index (Phi) is 5.50. The number of anilines is 3. The second kappa shape index (κ2) is 8.25. The van der Waals surface area contributed by atoms with Crippen molar-refractivity contribution >= 4 is 23.5 Å². The number of carbonyl (C=O) groups excluding carboxylic acids is 1. The van der Waals surface area contributed by atoms with E-state index in [0.29, 0.717) is 48.4 Å². The molecule has 2 aromatic carbocycles. The van der Waals surface area contributed by atoms with Crippen molar-refractivity contribution in [1.29, 1.82) is 0 Å². The van der Waals surface area contributed by atoms with E-state index in [-0.39, 0.29) is 17.4 Å². The number of benzene rings is 2. The molecule has 0 saturated heterocycles. The van der Waals surface area contributed by atoms with Gasteiger partial charge >= 0.3 is 0 Å². The SMILES string of the molecule is CCc1nc(NCc2cccc(F)c2)nc(N2c3cc(F)cc(C(N)=O)c3CC2C)n1. The van der Waals surface area contributed by atoms with Crippen LogP contribution in [-0.4, -0.2) is 26.9 Å². The number of carbonyl (C=O) groups is 1. The summed E-state index contributed by atoms with van der Waals surface area (Å²) in [4.78, 5) is 27.1. The van der Waals surface area contributed by atoms with Crippen molar-refractivity contribution in [1.82, 2.24) is 15.0 Å². The van der Waals surface area contributed by atoms with Crippen LogP contribution in [0, 0.1) is 11.6 Å². The van der Waals surface area contributed by atoms with Crippen LogP contribution in [0.5, 0.6) is 0 Å². The van der Waals surface area contributed by atoms with E-state index >= 15 is 0 Å². The molecule has 31 heavy (non-hydrogen) atoms. The summed E-state index contributed by atoms with van der Waals surface area (Å²) >= 11 is 0. The second-order valence-corrected chi connectivity index (χ2v) is 7.45. The minimum Gasteiger partial charge on any atom is -0.366 e. The lowest BCUT2D eigenvalue weighted by Crippen LogP contribution is -2.27. The summed E-state index contributed by atoms with van der Waals surface area (Å²) in [5.41, 5.74) is 7.56. The molecule has 1 aliphatic rings. The number of nitrogens with zero attached hydrogens (tertiary/aromatic N) is 4. The Balaban J connectivity index is 1.70. The molecule has 1 amide bonds. The van der Waals surface area contributed by atoms with Crippen LogP contribution in [-0.2, 0) is 19.4 Å². The van der Waals surface area contributed by atoms with Crippen LogP contribution < -0.4 is 16.0 Å². The lowest BCUT2D eigenvalue weighted by molar-refractivity contribution is 0.0999. The van der Waals surface area contributed by atoms with Gasteiger partial charge in [0.05, 0.1) is 5.69 Å². The number of amides is 1. The Morgan fingerprint density at radius 1 is 1.19 bits per heavy atom. The van der Waals surface area contributed by atoms with E-state index in [1.54, 1.807) is 17.0 Å². The lowest BCUT2D eigenvalue weighted by atomic mass is 10.0. The molecule has 3 aromatic rings. The van der Waals surface area contributed by atoms with Crippen LogP contribution in [0.2, 0.25) is 0 Å². The molecule has 4 rings (SSSR count). The van der Waals surface area contributed by atoms with Crippen molar-refractivity contribution in [3.05, 3.63) is 70.5 Å². The van der Waals surface area contributed by atoms with Crippen LogP contribution in [0.4, 0.5) is 26.4 Å². The van der Waals surface area contributed by atoms with Crippen LogP contribution >= 0.6 is 0 Å². The number of fused-ring (bicyclic) bond motifs is 1. The molecule has 1 aromatic heterocycles. The molecule has 0 radical (unpaired) electrons. The molecular weight excluding hydrogens is 402 g/mol. The van der Waals surface area contributed by atoms with Gasteiger partial charge in [-0.3, -0.25) is 4.79 Å². The standard InChI is InChI=1S/C22H22F2N6O/c1-3-19-27-21(26-11-13-5-4-6-14(23)8-13)29-22(28-19)30-12(2)7-16-17(20(25)31)9-15(24)10-18(16)30/h4-6,8-10,12H,3,7,11H2,1-2H3,(H2,25,31)(H,26,27,28,29). The first-order chi connectivity index (χ1) is 14.9. The Hall–Kier alpha value is -3.62. The highest BCUT2D eigenvalue weighted by atomic mass is 19.1. The third kappa shape index (κ3) is 4.16. The van der Waals surface area contributed by atoms with Crippen molar-refractivity contribution in [2.45, 2.75) is 39.3 Å². The molecule has 160 valence electrons. The van der Waals surface area contributed by atoms with Crippen molar-refractivity contribution in [3.63, 3.8) is 0 Å². The van der Waals surface area contributed by atoms with Gasteiger partial charge in [-0.1, -0.05) is 19.1 Å². The van der Waals surface area contributed by atoms with E-state index in [1.165, 1.54) is 18.2 Å². The lowest BCUT2D eigenvalue weighted by Gasteiger charge is -2.23. The first kappa shape index (κ1) is 20.6. The van der Waals surface area contributed by atoms with Crippen LogP contribution in [0.3, 0.4) is 0 Å². The minimum atomic E-state index is -0.674. The number of halogens is 2. The third-order valence-corrected chi connectivity index (χ3v) is 5.20. The average Bonchev–Trinajstić information content (AvgIpc) is 3.06. The number of hydrogen-bond donors (Lipinski definition) is 2. The zero-order valence-corrected chi connectivity index (χ0v) is 17.2. The number of rotatable bonds is 6. The summed E-state index contributed by atoms with van der Waals surface area (Å²) in [6.45, 7) is 4.19. The first-order valence-electron chi connectivity index (χ1n) is 10.0. The van der Waals surface area contributed by atoms with Gasteiger partial charge in [-0.05, 0) is 48.7 Å². The van der Waals surface area contributed by atoms with Crippen molar-refractivity contribution in [3.8, 4) is 0 Å². The maximum absolute atomic E-state index is 14.2. The fourth-order valence-corrected chi connectivity index (χ4v) is 3.78. The van der Waals surface area contributed by atoms with Gasteiger partial charge in [0.15, 0.2) is 0 Å². The fraction of sp³-hybridized carbons (Fsp3) is 0.273. The number of aryl methyl sites for hydroxylation is 1. The predicted molar refractivity (Wildman–Crippen MR) is 113 cm³/mol. The van der Waals surface area contributed by atoms with E-state index in [9.17, 15) is 13.6 Å². The first-order valence-corrected chi connectivity index (χ1v) is 10.0. The summed E-state index contributed by atoms with van der Waals surface area (Å²) in [5, 5.41) is 3.10. The average molecular weight is 424 g/mol. The van der Waals surface area contributed by atoms with E-state index < -0.39 is 11.7 Å². The molecule has 1 atom stereocenters. The van der Waals surface area contributed by atoms with Gasteiger partial charge in [0.1, 0.15) is 17.5 Å². The Morgan fingerprint density at radius 3 is 2.71 bits per heavy atom. The number of primary amides is 1. The summed E-state index contributed by atoms with van der Waals surface area (Å²) in [7, 11) is 0. The number of aromatic nitrogens is 3. The molecule has 0 saturated carbocycles. The summed E-state index contributed by atoms with van der Waals surface area (Å²) in [5.74, 6) is -0.314. The molecule has 0 aliphatic carbocycles. The van der Waals surface area contributed by atoms with Gasteiger partial charge in [0.25, 0.3) is 0 Å². The van der Waals surface area contributed by atoms with Gasteiger partial charge in [0, 0.05) is 24.6 Å². The molecule has 0 spiro atoms. The molecular formula is C22H22F2N6O. The van der Waals surface area contributed by atoms with Gasteiger partial charge in [-0.15, -0.1) is 0 Å². The highest BCUT2D eigenvalue weighted by molar-refractivity contribution is 5.97. The summed E-state index contributed by atoms with van der Waals surface area (Å²) < 4.78 is 27.7. The van der Waals surface area contributed by atoms with Gasteiger partial charge < -0.3 is 16.0 Å². The number of nitrogens with one attached hydrogen (secondary N) is 1. The van der Waals surface area contributed by atoms with Gasteiger partial charge in [-0.25, -0.2) is 8.78 Å². The molecule has 1 unspecified atom stereocenters. The quantitative estimate of drug-likeness (QED) is 0.629. The Labute approximate surface area is 178 Å². The van der Waals surface area contributed by atoms with Crippen molar-refractivity contribution in [2.75, 3.05) is 10.2 Å². The zero-order chi connectivity index (χ0) is 22.1. The van der Waals surface area contributed by atoms with Gasteiger partial charge in [0.2, 0.25) is 17.8 Å². The molecule has 7 nitrogen and oxygen atoms in total. The molecule has 2 heterocycles. The summed E-state index contributed by atoms with van der Waals surface area (Å²) in [6.07, 6.45) is 1.07. The van der Waals surface area contributed by atoms with Crippen molar-refractivity contribution in [2.24, 2.45) is 5.73 Å². The zero-order valence-electron chi connectivity index (χ0n) is 17.2. The largest absolute Gasteiger partial charge is 0.366 e. The second-order valence-electron chi connectivity index (χ2n) is 7.45. The van der Waals surface area contributed by atoms with E-state index in [4.69, 9.17) is 5.73 Å². The fourth-order valence-electron chi connectivity index (χ4n) is 3.78. The normalized spacial score (nSPS) is 15.1. The topological polar surface area (TPSA) is 97.0 Å². The Morgan fingerprint density at radius 2 is 2.00 bits per heavy atom. The molecule has 0 fully saturated rings. The maximum Gasteiger partial charge on any atom is 0.249 e. The molecule has 9 heteroatoms. The molecule has 0 bridgehead atoms. The van der Waals surface area contributed by atoms with Crippen LogP contribution in [0.1, 0.15) is 41.2 Å². The van der Waals surface area contributed by atoms with E-state index in [2.05, 4.69) is 20.3 Å². The van der Waals surface area contributed by atoms with E-state index in [0.717, 1.165) is 11.6 Å². The highest BCUT2D eigenvalue weighted by Crippen LogP contribution is 2.39.